The molecule has 0 fully saturated rings. The summed E-state index contributed by atoms with van der Waals surface area (Å²) in [6.45, 7) is 6.31. The van der Waals surface area contributed by atoms with E-state index in [4.69, 9.17) is 9.47 Å². The molecule has 0 N–H and O–H groups in total. The molecule has 4 nitrogen and oxygen atoms in total. The van der Waals surface area contributed by atoms with E-state index >= 15 is 0 Å². The van der Waals surface area contributed by atoms with Crippen LogP contribution in [0.25, 0.3) is 0 Å². The predicted molar refractivity (Wildman–Crippen MR) is 99.9 cm³/mol. The van der Waals surface area contributed by atoms with E-state index in [0.29, 0.717) is 12.4 Å². The number of benzene rings is 2. The Kier molecular flexibility index (Phi) is 7.83. The first-order valence-electron chi connectivity index (χ1n) is 8.90. The number of carbonyl (C=O) groups is 1. The lowest BCUT2D eigenvalue weighted by molar-refractivity contribution is -0.133. The molecule has 0 saturated heterocycles. The molecule has 2 rings (SSSR count). The molecule has 2 aromatic rings. The fourth-order valence-corrected chi connectivity index (χ4v) is 2.51. The zero-order valence-electron chi connectivity index (χ0n) is 15.1. The molecule has 0 aliphatic heterocycles. The minimum absolute atomic E-state index is 0.0353. The van der Waals surface area contributed by atoms with Crippen LogP contribution in [0, 0.1) is 0 Å². The summed E-state index contributed by atoms with van der Waals surface area (Å²) in [4.78, 5) is 14.1. The minimum Gasteiger partial charge on any atom is -0.489 e. The van der Waals surface area contributed by atoms with Gasteiger partial charge in [-0.05, 0) is 42.7 Å². The maximum atomic E-state index is 12.2. The van der Waals surface area contributed by atoms with Gasteiger partial charge in [0, 0.05) is 13.1 Å². The summed E-state index contributed by atoms with van der Waals surface area (Å²) in [6, 6.07) is 17.4. The molecule has 0 aliphatic rings. The van der Waals surface area contributed by atoms with Gasteiger partial charge in [-0.25, -0.2) is 0 Å². The van der Waals surface area contributed by atoms with Gasteiger partial charge in [0.1, 0.15) is 18.1 Å². The number of carbonyl (C=O) groups excluding carboxylic acids is 1. The monoisotopic (exact) mass is 341 g/mol. The van der Waals surface area contributed by atoms with Crippen LogP contribution in [0.3, 0.4) is 0 Å². The number of nitrogens with zero attached hydrogens (tertiary/aromatic N) is 1. The largest absolute Gasteiger partial charge is 0.489 e. The van der Waals surface area contributed by atoms with Crippen LogP contribution in [0.4, 0.5) is 0 Å². The summed E-state index contributed by atoms with van der Waals surface area (Å²) in [5, 5.41) is 0. The van der Waals surface area contributed by atoms with Crippen molar-refractivity contribution in [1.82, 2.24) is 4.90 Å². The lowest BCUT2D eigenvalue weighted by atomic mass is 10.2. The molecule has 1 amide bonds. The van der Waals surface area contributed by atoms with Crippen molar-refractivity contribution in [1.29, 1.82) is 0 Å². The van der Waals surface area contributed by atoms with Crippen molar-refractivity contribution in [3.05, 3.63) is 60.2 Å². The second-order valence-electron chi connectivity index (χ2n) is 5.92. The third-order valence-electron chi connectivity index (χ3n) is 3.77. The second kappa shape index (κ2) is 10.4. The van der Waals surface area contributed by atoms with Crippen molar-refractivity contribution >= 4 is 5.91 Å². The number of hydrogen-bond acceptors (Lipinski definition) is 3. The van der Waals surface area contributed by atoms with E-state index in [0.717, 1.165) is 37.2 Å². The third-order valence-corrected chi connectivity index (χ3v) is 3.77. The first-order chi connectivity index (χ1) is 12.2. The summed E-state index contributed by atoms with van der Waals surface area (Å²) < 4.78 is 11.4. The highest BCUT2D eigenvalue weighted by Crippen LogP contribution is 2.18. The van der Waals surface area contributed by atoms with E-state index in [-0.39, 0.29) is 12.5 Å². The fourth-order valence-electron chi connectivity index (χ4n) is 2.51. The number of rotatable bonds is 10. The van der Waals surface area contributed by atoms with Crippen LogP contribution in [-0.4, -0.2) is 30.5 Å². The lowest BCUT2D eigenvalue weighted by Gasteiger charge is -2.21. The Hall–Kier alpha value is -2.49. The van der Waals surface area contributed by atoms with Gasteiger partial charge in [0.2, 0.25) is 0 Å². The molecule has 0 atom stereocenters. The molecule has 25 heavy (non-hydrogen) atoms. The number of amides is 1. The van der Waals surface area contributed by atoms with E-state index in [9.17, 15) is 4.79 Å². The van der Waals surface area contributed by atoms with Crippen molar-refractivity contribution in [3.8, 4) is 11.5 Å². The van der Waals surface area contributed by atoms with Crippen LogP contribution in [0.15, 0.2) is 54.6 Å². The maximum absolute atomic E-state index is 12.2. The van der Waals surface area contributed by atoms with Crippen molar-refractivity contribution in [2.75, 3.05) is 19.7 Å². The zero-order chi connectivity index (χ0) is 17.9. The van der Waals surface area contributed by atoms with Crippen molar-refractivity contribution < 1.29 is 14.3 Å². The Morgan fingerprint density at radius 3 is 1.96 bits per heavy atom. The molecular weight excluding hydrogens is 314 g/mol. The van der Waals surface area contributed by atoms with Crippen LogP contribution in [-0.2, 0) is 11.4 Å². The van der Waals surface area contributed by atoms with Crippen LogP contribution >= 0.6 is 0 Å². The van der Waals surface area contributed by atoms with Crippen molar-refractivity contribution in [2.45, 2.75) is 33.3 Å². The highest BCUT2D eigenvalue weighted by atomic mass is 16.5. The fraction of sp³-hybridized carbons (Fsp3) is 0.381. The Bertz CT molecular complexity index is 619. The normalized spacial score (nSPS) is 10.3. The smallest absolute Gasteiger partial charge is 0.260 e. The average molecular weight is 341 g/mol. The number of hydrogen-bond donors (Lipinski definition) is 0. The summed E-state index contributed by atoms with van der Waals surface area (Å²) in [5.74, 6) is 1.49. The molecule has 2 aromatic carbocycles. The summed E-state index contributed by atoms with van der Waals surface area (Å²) in [5.41, 5.74) is 1.13. The van der Waals surface area contributed by atoms with Gasteiger partial charge in [-0.3, -0.25) is 4.79 Å². The maximum Gasteiger partial charge on any atom is 0.260 e. The molecule has 0 aromatic heterocycles. The third kappa shape index (κ3) is 6.49. The first-order valence-corrected chi connectivity index (χ1v) is 8.90. The van der Waals surface area contributed by atoms with E-state index < -0.39 is 0 Å². The summed E-state index contributed by atoms with van der Waals surface area (Å²) in [7, 11) is 0. The molecular formula is C21H27NO3. The van der Waals surface area contributed by atoms with E-state index in [1.54, 1.807) is 0 Å². The minimum atomic E-state index is 0.0353. The predicted octanol–water partition coefficient (Wildman–Crippen LogP) is 4.29. The molecule has 0 spiro atoms. The van der Waals surface area contributed by atoms with E-state index in [1.807, 2.05) is 59.5 Å². The van der Waals surface area contributed by atoms with E-state index in [2.05, 4.69) is 13.8 Å². The lowest BCUT2D eigenvalue weighted by Crippen LogP contribution is -2.36. The quantitative estimate of drug-likeness (QED) is 0.647. The topological polar surface area (TPSA) is 38.8 Å². The molecule has 0 radical (unpaired) electrons. The summed E-state index contributed by atoms with van der Waals surface area (Å²) in [6.07, 6.45) is 1.92. The van der Waals surface area contributed by atoms with Gasteiger partial charge in [-0.2, -0.15) is 0 Å². The van der Waals surface area contributed by atoms with Crippen LogP contribution < -0.4 is 9.47 Å². The van der Waals surface area contributed by atoms with Gasteiger partial charge in [0.15, 0.2) is 6.61 Å². The zero-order valence-corrected chi connectivity index (χ0v) is 15.1. The van der Waals surface area contributed by atoms with Gasteiger partial charge < -0.3 is 14.4 Å². The molecule has 0 heterocycles. The van der Waals surface area contributed by atoms with Crippen LogP contribution in [0.2, 0.25) is 0 Å². The van der Waals surface area contributed by atoms with Crippen LogP contribution in [0.5, 0.6) is 11.5 Å². The van der Waals surface area contributed by atoms with Crippen molar-refractivity contribution in [2.24, 2.45) is 0 Å². The second-order valence-corrected chi connectivity index (χ2v) is 5.92. The molecule has 0 saturated carbocycles. The molecule has 4 heteroatoms. The average Bonchev–Trinajstić information content (AvgIpc) is 2.66. The van der Waals surface area contributed by atoms with Crippen LogP contribution in [0.1, 0.15) is 32.3 Å². The highest BCUT2D eigenvalue weighted by Gasteiger charge is 2.12. The molecule has 134 valence electrons. The Labute approximate surface area is 150 Å². The standard InChI is InChI=1S/C21H27NO3/c1-3-14-22(15-4-2)21(23)17-25-20-12-10-19(11-13-20)24-16-18-8-6-5-7-9-18/h5-13H,3-4,14-17H2,1-2H3. The number of ether oxygens (including phenoxy) is 2. The Morgan fingerprint density at radius 1 is 0.840 bits per heavy atom. The molecule has 0 bridgehead atoms. The molecule has 0 unspecified atom stereocenters. The van der Waals surface area contributed by atoms with Gasteiger partial charge >= 0.3 is 0 Å². The van der Waals surface area contributed by atoms with Gasteiger partial charge in [0.05, 0.1) is 0 Å². The van der Waals surface area contributed by atoms with Gasteiger partial charge in [-0.15, -0.1) is 0 Å². The Balaban J connectivity index is 1.80. The molecule has 0 aliphatic carbocycles. The summed E-state index contributed by atoms with van der Waals surface area (Å²) >= 11 is 0. The van der Waals surface area contributed by atoms with Crippen molar-refractivity contribution in [3.63, 3.8) is 0 Å². The highest BCUT2D eigenvalue weighted by molar-refractivity contribution is 5.77. The SMILES string of the molecule is CCCN(CCC)C(=O)COc1ccc(OCc2ccccc2)cc1. The van der Waals surface area contributed by atoms with Gasteiger partial charge in [-0.1, -0.05) is 44.2 Å². The van der Waals surface area contributed by atoms with Gasteiger partial charge in [0.25, 0.3) is 5.91 Å². The van der Waals surface area contributed by atoms with E-state index in [1.165, 1.54) is 0 Å². The first kappa shape index (κ1) is 18.8. The Morgan fingerprint density at radius 2 is 1.40 bits per heavy atom.